The molecule has 190 valence electrons. The molecule has 3 aromatic carbocycles. The number of nitrogens with zero attached hydrogens (tertiary/aromatic N) is 1. The number of alkyl halides is 3. The highest BCUT2D eigenvalue weighted by Crippen LogP contribution is 2.43. The fraction of sp³-hybridized carbons (Fsp3) is 0.357. The first-order chi connectivity index (χ1) is 17.2. The zero-order valence-electron chi connectivity index (χ0n) is 20.2. The molecule has 0 aromatic heterocycles. The number of methoxy groups -OCH3 is 1. The topological polar surface area (TPSA) is 55.8 Å². The lowest BCUT2D eigenvalue weighted by atomic mass is 9.96. The van der Waals surface area contributed by atoms with E-state index in [9.17, 15) is 22.8 Å². The lowest BCUT2D eigenvalue weighted by Crippen LogP contribution is -2.39. The van der Waals surface area contributed by atoms with Crippen LogP contribution in [0.3, 0.4) is 0 Å². The summed E-state index contributed by atoms with van der Waals surface area (Å²) in [6, 6.07) is 16.9. The van der Waals surface area contributed by atoms with Gasteiger partial charge in [-0.3, -0.25) is 9.59 Å². The first kappa shape index (κ1) is 25.5. The number of amides is 1. The van der Waals surface area contributed by atoms with Crippen LogP contribution in [0, 0.1) is 0 Å². The predicted molar refractivity (Wildman–Crippen MR) is 132 cm³/mol. The Morgan fingerprint density at radius 2 is 1.69 bits per heavy atom. The third-order valence-electron chi connectivity index (χ3n) is 6.53. The normalized spacial score (nSPS) is 14.1. The molecule has 1 amide bonds. The highest BCUT2D eigenvalue weighted by Gasteiger charge is 2.42. The number of halogens is 3. The molecule has 4 rings (SSSR count). The molecule has 1 saturated carbocycles. The average molecular weight is 500 g/mol. The number of fused-ring (bicyclic) bond motifs is 1. The van der Waals surface area contributed by atoms with Gasteiger partial charge in [0.2, 0.25) is 0 Å². The Morgan fingerprint density at radius 3 is 2.36 bits per heavy atom. The van der Waals surface area contributed by atoms with Crippen molar-refractivity contribution in [3.05, 3.63) is 60.2 Å². The van der Waals surface area contributed by atoms with Gasteiger partial charge < -0.3 is 14.4 Å². The van der Waals surface area contributed by atoms with E-state index in [1.807, 2.05) is 48.5 Å². The summed E-state index contributed by atoms with van der Waals surface area (Å²) in [4.78, 5) is 24.6. The van der Waals surface area contributed by atoms with E-state index in [0.717, 1.165) is 49.1 Å². The smallest absolute Gasteiger partial charge is 0.471 e. The highest BCUT2D eigenvalue weighted by molar-refractivity contribution is 6.00. The van der Waals surface area contributed by atoms with Crippen molar-refractivity contribution in [2.24, 2.45) is 0 Å². The zero-order valence-corrected chi connectivity index (χ0v) is 20.2. The summed E-state index contributed by atoms with van der Waals surface area (Å²) in [6.07, 6.45) is -1.40. The van der Waals surface area contributed by atoms with Crippen LogP contribution in [0.25, 0.3) is 21.9 Å². The van der Waals surface area contributed by atoms with Crippen LogP contribution in [0.1, 0.15) is 37.7 Å². The third kappa shape index (κ3) is 5.64. The minimum atomic E-state index is -5.05. The lowest BCUT2D eigenvalue weighted by molar-refractivity contribution is -0.170. The molecule has 1 fully saturated rings. The SMILES string of the molecule is COC(=O)CCc1cc(-c2ccc3ccccc3c2)c(OC2CCCC2)c(N(C)C(=O)C(F)(F)F)c1. The molecule has 0 radical (unpaired) electrons. The maximum atomic E-state index is 13.4. The Morgan fingerprint density at radius 1 is 1.00 bits per heavy atom. The van der Waals surface area contributed by atoms with Crippen LogP contribution in [0.5, 0.6) is 5.75 Å². The number of anilines is 1. The molecule has 0 heterocycles. The van der Waals surface area contributed by atoms with Gasteiger partial charge in [-0.2, -0.15) is 13.2 Å². The van der Waals surface area contributed by atoms with E-state index >= 15 is 0 Å². The van der Waals surface area contributed by atoms with Gasteiger partial charge in [-0.05, 0) is 72.2 Å². The molecular formula is C28H28F3NO4. The Bertz CT molecular complexity index is 1270. The maximum Gasteiger partial charge on any atom is 0.471 e. The average Bonchev–Trinajstić information content (AvgIpc) is 3.39. The standard InChI is InChI=1S/C28H28F3NO4/c1-32(27(34)28(29,30)31)24-16-18(11-14-25(33)35-2)15-23(26(24)36-22-9-5-6-10-22)21-13-12-19-7-3-4-8-20(19)17-21/h3-4,7-8,12-13,15-17,22H,5-6,9-11,14H2,1-2H3. The highest BCUT2D eigenvalue weighted by atomic mass is 19.4. The first-order valence-corrected chi connectivity index (χ1v) is 11.9. The number of carbonyl (C=O) groups is 2. The van der Waals surface area contributed by atoms with E-state index in [0.29, 0.717) is 16.0 Å². The second-order valence-corrected chi connectivity index (χ2v) is 9.02. The molecule has 8 heteroatoms. The summed E-state index contributed by atoms with van der Waals surface area (Å²) >= 11 is 0. The van der Waals surface area contributed by atoms with E-state index in [2.05, 4.69) is 0 Å². The Balaban J connectivity index is 1.90. The van der Waals surface area contributed by atoms with Crippen LogP contribution in [-0.4, -0.2) is 38.3 Å². The molecule has 5 nitrogen and oxygen atoms in total. The molecular weight excluding hydrogens is 471 g/mol. The Hall–Kier alpha value is -3.55. The van der Waals surface area contributed by atoms with Crippen LogP contribution in [0.4, 0.5) is 18.9 Å². The molecule has 0 atom stereocenters. The molecule has 0 bridgehead atoms. The lowest BCUT2D eigenvalue weighted by Gasteiger charge is -2.27. The van der Waals surface area contributed by atoms with Crippen LogP contribution in [0.15, 0.2) is 54.6 Å². The maximum absolute atomic E-state index is 13.4. The van der Waals surface area contributed by atoms with Gasteiger partial charge in [-0.1, -0.05) is 36.4 Å². The van der Waals surface area contributed by atoms with E-state index in [4.69, 9.17) is 9.47 Å². The predicted octanol–water partition coefficient (Wildman–Crippen LogP) is 6.46. The van der Waals surface area contributed by atoms with Gasteiger partial charge in [0.05, 0.1) is 18.9 Å². The summed E-state index contributed by atoms with van der Waals surface area (Å²) in [5.74, 6) is -2.19. The Labute approximate surface area is 207 Å². The number of rotatable bonds is 7. The molecule has 0 unspecified atom stereocenters. The van der Waals surface area contributed by atoms with Crippen molar-refractivity contribution in [3.8, 4) is 16.9 Å². The van der Waals surface area contributed by atoms with Crippen molar-refractivity contribution >= 4 is 28.3 Å². The van der Waals surface area contributed by atoms with Crippen molar-refractivity contribution in [2.75, 3.05) is 19.1 Å². The van der Waals surface area contributed by atoms with Gasteiger partial charge >= 0.3 is 18.1 Å². The third-order valence-corrected chi connectivity index (χ3v) is 6.53. The second-order valence-electron chi connectivity index (χ2n) is 9.02. The van der Waals surface area contributed by atoms with E-state index in [-0.39, 0.29) is 30.4 Å². The van der Waals surface area contributed by atoms with Crippen LogP contribution in [0.2, 0.25) is 0 Å². The molecule has 0 aliphatic heterocycles. The molecule has 3 aromatic rings. The van der Waals surface area contributed by atoms with Gasteiger partial charge in [-0.25, -0.2) is 0 Å². The summed E-state index contributed by atoms with van der Waals surface area (Å²) < 4.78 is 51.3. The van der Waals surface area contributed by atoms with E-state index < -0.39 is 18.1 Å². The number of carbonyl (C=O) groups excluding carboxylic acids is 2. The van der Waals surface area contributed by atoms with Gasteiger partial charge in [0.1, 0.15) is 0 Å². The van der Waals surface area contributed by atoms with Gasteiger partial charge in [-0.15, -0.1) is 0 Å². The monoisotopic (exact) mass is 499 g/mol. The van der Waals surface area contributed by atoms with Crippen LogP contribution < -0.4 is 9.64 Å². The van der Waals surface area contributed by atoms with Crippen molar-refractivity contribution in [1.82, 2.24) is 0 Å². The number of ether oxygens (including phenoxy) is 2. The molecule has 1 aliphatic carbocycles. The van der Waals surface area contributed by atoms with Crippen molar-refractivity contribution < 1.29 is 32.2 Å². The summed E-state index contributed by atoms with van der Waals surface area (Å²) in [5.41, 5.74) is 1.94. The minimum absolute atomic E-state index is 0.0229. The minimum Gasteiger partial charge on any atom is -0.488 e. The number of aryl methyl sites for hydroxylation is 1. The molecule has 0 saturated heterocycles. The fourth-order valence-corrected chi connectivity index (χ4v) is 4.58. The largest absolute Gasteiger partial charge is 0.488 e. The van der Waals surface area contributed by atoms with Gasteiger partial charge in [0, 0.05) is 19.0 Å². The summed E-state index contributed by atoms with van der Waals surface area (Å²) in [5, 5.41) is 1.98. The number of hydrogen-bond donors (Lipinski definition) is 0. The molecule has 1 aliphatic rings. The molecule has 36 heavy (non-hydrogen) atoms. The van der Waals surface area contributed by atoms with Crippen LogP contribution >= 0.6 is 0 Å². The van der Waals surface area contributed by atoms with Gasteiger partial charge in [0.25, 0.3) is 0 Å². The number of benzene rings is 3. The summed E-state index contributed by atoms with van der Waals surface area (Å²) in [7, 11) is 2.38. The fourth-order valence-electron chi connectivity index (χ4n) is 4.58. The second kappa shape index (κ2) is 10.6. The van der Waals surface area contributed by atoms with Crippen LogP contribution in [-0.2, 0) is 20.7 Å². The van der Waals surface area contributed by atoms with E-state index in [1.165, 1.54) is 13.2 Å². The van der Waals surface area contributed by atoms with Crippen molar-refractivity contribution in [2.45, 2.75) is 50.8 Å². The quantitative estimate of drug-likeness (QED) is 0.350. The molecule has 0 spiro atoms. The van der Waals surface area contributed by atoms with E-state index in [1.54, 1.807) is 0 Å². The Kier molecular flexibility index (Phi) is 7.52. The first-order valence-electron chi connectivity index (χ1n) is 11.9. The zero-order chi connectivity index (χ0) is 25.9. The summed E-state index contributed by atoms with van der Waals surface area (Å²) in [6.45, 7) is 0. The number of esters is 1. The van der Waals surface area contributed by atoms with Gasteiger partial charge in [0.15, 0.2) is 5.75 Å². The van der Waals surface area contributed by atoms with Crippen molar-refractivity contribution in [3.63, 3.8) is 0 Å². The van der Waals surface area contributed by atoms with Crippen molar-refractivity contribution in [1.29, 1.82) is 0 Å². The number of hydrogen-bond acceptors (Lipinski definition) is 4. The molecule has 0 N–H and O–H groups in total.